The largest absolute Gasteiger partial charge is 0.490 e. The van der Waals surface area contributed by atoms with E-state index in [4.69, 9.17) is 4.74 Å². The van der Waals surface area contributed by atoms with Gasteiger partial charge >= 0.3 is 0 Å². The molecule has 1 N–H and O–H groups in total. The molecule has 0 atom stereocenters. The van der Waals surface area contributed by atoms with Crippen LogP contribution in [0.3, 0.4) is 0 Å². The number of nitrogens with zero attached hydrogens (tertiary/aromatic N) is 2. The number of aromatic nitrogens is 1. The first-order valence-electron chi connectivity index (χ1n) is 10.0. The third-order valence-electron chi connectivity index (χ3n) is 4.96. The molecule has 1 aromatic heterocycles. The molecular formula is C23H25N3O3S. The van der Waals surface area contributed by atoms with Crippen molar-refractivity contribution in [2.75, 3.05) is 23.4 Å². The number of ether oxygens (including phenoxy) is 1. The molecule has 3 aromatic rings. The highest BCUT2D eigenvalue weighted by molar-refractivity contribution is 7.20. The summed E-state index contributed by atoms with van der Waals surface area (Å²) in [5, 5.41) is 3.31. The highest BCUT2D eigenvalue weighted by Crippen LogP contribution is 2.38. The maximum atomic E-state index is 13.1. The Morgan fingerprint density at radius 1 is 1.27 bits per heavy atom. The van der Waals surface area contributed by atoms with E-state index in [9.17, 15) is 9.59 Å². The van der Waals surface area contributed by atoms with Crippen LogP contribution in [-0.4, -0.2) is 29.9 Å². The Hall–Kier alpha value is -2.93. The summed E-state index contributed by atoms with van der Waals surface area (Å²) >= 11 is 1.36. The van der Waals surface area contributed by atoms with Gasteiger partial charge in [-0.2, -0.15) is 0 Å². The Morgan fingerprint density at radius 2 is 2.03 bits per heavy atom. The number of carbonyl (C=O) groups excluding carboxylic acids is 2. The average molecular weight is 424 g/mol. The number of anilines is 2. The van der Waals surface area contributed by atoms with E-state index in [1.165, 1.54) is 11.3 Å². The van der Waals surface area contributed by atoms with E-state index in [1.54, 1.807) is 17.0 Å². The second kappa shape index (κ2) is 7.72. The van der Waals surface area contributed by atoms with Crippen LogP contribution >= 0.6 is 11.3 Å². The molecule has 156 valence electrons. The van der Waals surface area contributed by atoms with Gasteiger partial charge in [0.05, 0.1) is 21.3 Å². The predicted molar refractivity (Wildman–Crippen MR) is 120 cm³/mol. The van der Waals surface area contributed by atoms with Gasteiger partial charge in [-0.05, 0) is 44.0 Å². The van der Waals surface area contributed by atoms with Crippen LogP contribution in [0.4, 0.5) is 11.4 Å². The molecule has 6 nitrogen and oxygen atoms in total. The summed E-state index contributed by atoms with van der Waals surface area (Å²) in [6.45, 7) is 8.84. The summed E-state index contributed by atoms with van der Waals surface area (Å²) in [4.78, 5) is 32.0. The summed E-state index contributed by atoms with van der Waals surface area (Å²) in [7, 11) is 0. The number of nitrogens with one attached hydrogen (secondary N) is 1. The number of amides is 2. The number of rotatable bonds is 4. The van der Waals surface area contributed by atoms with Crippen molar-refractivity contribution in [3.8, 4) is 5.75 Å². The van der Waals surface area contributed by atoms with Crippen LogP contribution in [0.5, 0.6) is 5.75 Å². The van der Waals surface area contributed by atoms with E-state index in [0.29, 0.717) is 28.9 Å². The van der Waals surface area contributed by atoms with Gasteiger partial charge in [0.25, 0.3) is 5.91 Å². The van der Waals surface area contributed by atoms with Gasteiger partial charge in [-0.1, -0.05) is 26.0 Å². The maximum absolute atomic E-state index is 13.1. The second-order valence-electron chi connectivity index (χ2n) is 8.61. The minimum atomic E-state index is -0.627. The molecule has 30 heavy (non-hydrogen) atoms. The Morgan fingerprint density at radius 3 is 2.77 bits per heavy atom. The molecule has 0 saturated carbocycles. The van der Waals surface area contributed by atoms with Gasteiger partial charge in [0.15, 0.2) is 5.01 Å². The number of para-hydroxylation sites is 1. The number of hydrogen-bond acceptors (Lipinski definition) is 5. The monoisotopic (exact) mass is 423 g/mol. The summed E-state index contributed by atoms with van der Waals surface area (Å²) < 4.78 is 6.97. The molecule has 2 aromatic carbocycles. The number of hydrogen-bond donors (Lipinski definition) is 1. The van der Waals surface area contributed by atoms with Crippen LogP contribution in [0.2, 0.25) is 0 Å². The lowest BCUT2D eigenvalue weighted by molar-refractivity contribution is -0.127. The fourth-order valence-electron chi connectivity index (χ4n) is 3.43. The molecule has 2 heterocycles. The average Bonchev–Trinajstić information content (AvgIpc) is 3.11. The van der Waals surface area contributed by atoms with E-state index in [-0.39, 0.29) is 18.4 Å². The van der Waals surface area contributed by atoms with Gasteiger partial charge in [-0.15, -0.1) is 11.3 Å². The Kier molecular flexibility index (Phi) is 5.24. The molecular weight excluding hydrogens is 398 g/mol. The first-order chi connectivity index (χ1) is 14.2. The van der Waals surface area contributed by atoms with Gasteiger partial charge in [0.2, 0.25) is 5.91 Å². The van der Waals surface area contributed by atoms with Gasteiger partial charge in [0.1, 0.15) is 12.4 Å². The number of carbonyl (C=O) groups is 2. The molecule has 0 saturated heterocycles. The molecule has 1 aliphatic heterocycles. The molecule has 7 heteroatoms. The number of fused-ring (bicyclic) bond motifs is 2. The lowest BCUT2D eigenvalue weighted by Crippen LogP contribution is -2.43. The lowest BCUT2D eigenvalue weighted by Gasteiger charge is -2.29. The number of thiazole rings is 1. The lowest BCUT2D eigenvalue weighted by atomic mass is 9.92. The van der Waals surface area contributed by atoms with Crippen molar-refractivity contribution in [2.45, 2.75) is 27.7 Å². The van der Waals surface area contributed by atoms with E-state index in [0.717, 1.165) is 15.9 Å². The zero-order valence-electron chi connectivity index (χ0n) is 17.6. The van der Waals surface area contributed by atoms with E-state index < -0.39 is 5.41 Å². The third kappa shape index (κ3) is 3.89. The van der Waals surface area contributed by atoms with Crippen LogP contribution in [0.15, 0.2) is 42.5 Å². The minimum absolute atomic E-state index is 0.0428. The quantitative estimate of drug-likeness (QED) is 0.644. The highest BCUT2D eigenvalue weighted by atomic mass is 32.1. The van der Waals surface area contributed by atoms with Gasteiger partial charge in [0, 0.05) is 18.3 Å². The van der Waals surface area contributed by atoms with E-state index in [2.05, 4.69) is 24.1 Å². The van der Waals surface area contributed by atoms with Crippen molar-refractivity contribution in [3.05, 3.63) is 47.5 Å². The molecule has 2 amide bonds. The van der Waals surface area contributed by atoms with Crippen molar-refractivity contribution in [1.29, 1.82) is 0 Å². The highest BCUT2D eigenvalue weighted by Gasteiger charge is 2.38. The molecule has 0 radical (unpaired) electrons. The SMILES string of the molecule is CC(C)CN1C(=O)C(C)(C)COc2cc(NC(=O)c3nc4ccccc4s3)ccc21. The van der Waals surface area contributed by atoms with Crippen molar-refractivity contribution in [2.24, 2.45) is 11.3 Å². The molecule has 0 bridgehead atoms. The van der Waals surface area contributed by atoms with Crippen molar-refractivity contribution in [1.82, 2.24) is 4.98 Å². The van der Waals surface area contributed by atoms with Crippen LogP contribution < -0.4 is 15.0 Å². The summed E-state index contributed by atoms with van der Waals surface area (Å²) in [5.74, 6) is 0.687. The third-order valence-corrected chi connectivity index (χ3v) is 5.99. The van der Waals surface area contributed by atoms with Crippen molar-refractivity contribution in [3.63, 3.8) is 0 Å². The molecule has 0 unspecified atom stereocenters. The fraction of sp³-hybridized carbons (Fsp3) is 0.348. The molecule has 4 rings (SSSR count). The fourth-order valence-corrected chi connectivity index (χ4v) is 4.29. The minimum Gasteiger partial charge on any atom is -0.490 e. The van der Waals surface area contributed by atoms with Gasteiger partial charge in [-0.25, -0.2) is 4.98 Å². The summed E-state index contributed by atoms with van der Waals surface area (Å²) in [6, 6.07) is 13.1. The second-order valence-corrected chi connectivity index (χ2v) is 9.64. The Labute approximate surface area is 179 Å². The topological polar surface area (TPSA) is 71.5 Å². The van der Waals surface area contributed by atoms with Crippen LogP contribution in [-0.2, 0) is 4.79 Å². The van der Waals surface area contributed by atoms with Gasteiger partial charge < -0.3 is 15.0 Å². The molecule has 1 aliphatic rings. The Bertz CT molecular complexity index is 1090. The maximum Gasteiger partial charge on any atom is 0.284 e. The smallest absolute Gasteiger partial charge is 0.284 e. The zero-order valence-corrected chi connectivity index (χ0v) is 18.4. The molecule has 0 spiro atoms. The van der Waals surface area contributed by atoms with Crippen LogP contribution in [0.25, 0.3) is 10.2 Å². The molecule has 0 fully saturated rings. The van der Waals surface area contributed by atoms with Crippen molar-refractivity contribution >= 4 is 44.7 Å². The first kappa shape index (κ1) is 20.3. The zero-order chi connectivity index (χ0) is 21.5. The standard InChI is InChI=1S/C23H25N3O3S/c1-14(2)12-26-17-10-9-15(11-18(17)29-13-23(3,4)22(26)28)24-20(27)21-25-16-7-5-6-8-19(16)30-21/h5-11,14H,12-13H2,1-4H3,(H,24,27). The number of benzene rings is 2. The Balaban J connectivity index is 1.62. The van der Waals surface area contributed by atoms with E-state index >= 15 is 0 Å². The first-order valence-corrected chi connectivity index (χ1v) is 10.8. The van der Waals surface area contributed by atoms with Crippen molar-refractivity contribution < 1.29 is 14.3 Å². The normalized spacial score (nSPS) is 15.6. The predicted octanol–water partition coefficient (Wildman–Crippen LogP) is 4.96. The summed E-state index contributed by atoms with van der Waals surface area (Å²) in [6.07, 6.45) is 0. The molecule has 0 aliphatic carbocycles. The van der Waals surface area contributed by atoms with Crippen LogP contribution in [0, 0.1) is 11.3 Å². The van der Waals surface area contributed by atoms with E-state index in [1.807, 2.05) is 44.2 Å². The summed E-state index contributed by atoms with van der Waals surface area (Å²) in [5.41, 5.74) is 1.52. The van der Waals surface area contributed by atoms with Gasteiger partial charge in [-0.3, -0.25) is 9.59 Å². The van der Waals surface area contributed by atoms with Crippen LogP contribution in [0.1, 0.15) is 37.5 Å².